The molecule has 0 radical (unpaired) electrons. The summed E-state index contributed by atoms with van der Waals surface area (Å²) in [5, 5.41) is 10.3. The molecule has 1 aromatic rings. The summed E-state index contributed by atoms with van der Waals surface area (Å²) in [7, 11) is 2.17. The number of rotatable bonds is 5. The van der Waals surface area contributed by atoms with Gasteiger partial charge in [0.05, 0.1) is 6.10 Å². The minimum atomic E-state index is -0.147. The second-order valence-corrected chi connectivity index (χ2v) is 6.67. The second-order valence-electron chi connectivity index (χ2n) is 6.67. The third-order valence-corrected chi connectivity index (χ3v) is 4.93. The number of hydrogen-bond acceptors (Lipinski definition) is 2. The van der Waals surface area contributed by atoms with Crippen molar-refractivity contribution in [1.82, 2.24) is 4.90 Å². The molecular weight excluding hydrogens is 246 g/mol. The van der Waals surface area contributed by atoms with Gasteiger partial charge in [-0.25, -0.2) is 0 Å². The van der Waals surface area contributed by atoms with Crippen molar-refractivity contribution in [3.05, 3.63) is 35.9 Å². The maximum absolute atomic E-state index is 10.3. The van der Waals surface area contributed by atoms with Gasteiger partial charge in [-0.15, -0.1) is 0 Å². The molecule has 1 aliphatic carbocycles. The van der Waals surface area contributed by atoms with Crippen molar-refractivity contribution in [2.45, 2.75) is 51.7 Å². The van der Waals surface area contributed by atoms with Gasteiger partial charge >= 0.3 is 0 Å². The van der Waals surface area contributed by atoms with Gasteiger partial charge in [-0.2, -0.15) is 0 Å². The van der Waals surface area contributed by atoms with Gasteiger partial charge in [0.2, 0.25) is 0 Å². The zero-order valence-electron chi connectivity index (χ0n) is 13.1. The summed E-state index contributed by atoms with van der Waals surface area (Å²) in [5.41, 5.74) is 1.38. The van der Waals surface area contributed by atoms with E-state index < -0.39 is 0 Å². The first kappa shape index (κ1) is 15.5. The zero-order valence-corrected chi connectivity index (χ0v) is 13.1. The first-order valence-corrected chi connectivity index (χ1v) is 8.00. The molecule has 1 saturated carbocycles. The number of aliphatic hydroxyl groups excluding tert-OH is 1. The number of nitrogens with zero attached hydrogens (tertiary/aromatic N) is 1. The van der Waals surface area contributed by atoms with Crippen LogP contribution in [0.2, 0.25) is 0 Å². The summed E-state index contributed by atoms with van der Waals surface area (Å²) in [5.74, 6) is 1.50. The van der Waals surface area contributed by atoms with Crippen LogP contribution in [0.4, 0.5) is 0 Å². The van der Waals surface area contributed by atoms with Crippen molar-refractivity contribution in [3.63, 3.8) is 0 Å². The van der Waals surface area contributed by atoms with Gasteiger partial charge in [0.25, 0.3) is 0 Å². The maximum atomic E-state index is 10.3. The third-order valence-electron chi connectivity index (χ3n) is 4.93. The van der Waals surface area contributed by atoms with Gasteiger partial charge in [0.15, 0.2) is 0 Å². The van der Waals surface area contributed by atoms with E-state index in [1.807, 2.05) is 0 Å². The second kappa shape index (κ2) is 7.24. The van der Waals surface area contributed by atoms with Gasteiger partial charge in [-0.05, 0) is 50.1 Å². The van der Waals surface area contributed by atoms with E-state index in [1.54, 1.807) is 0 Å². The summed E-state index contributed by atoms with van der Waals surface area (Å²) < 4.78 is 0. The molecule has 2 rings (SSSR count). The fraction of sp³-hybridized carbons (Fsp3) is 0.667. The Morgan fingerprint density at radius 2 is 1.90 bits per heavy atom. The standard InChI is InChI=1S/C18H29NO/c1-14(2)16-9-10-18(20)17(13-16)19(3)12-11-15-7-5-4-6-8-15/h4-8,14,16-18,20H,9-13H2,1-3H3. The highest BCUT2D eigenvalue weighted by molar-refractivity contribution is 5.14. The van der Waals surface area contributed by atoms with Crippen LogP contribution in [0.25, 0.3) is 0 Å². The predicted octanol–water partition coefficient (Wildman–Crippen LogP) is 3.35. The lowest BCUT2D eigenvalue weighted by Gasteiger charge is -2.40. The zero-order chi connectivity index (χ0) is 14.5. The van der Waals surface area contributed by atoms with Crippen molar-refractivity contribution in [3.8, 4) is 0 Å². The lowest BCUT2D eigenvalue weighted by Crippen LogP contribution is -2.46. The van der Waals surface area contributed by atoms with Crippen molar-refractivity contribution in [2.75, 3.05) is 13.6 Å². The molecule has 1 N–H and O–H groups in total. The van der Waals surface area contributed by atoms with Crippen LogP contribution >= 0.6 is 0 Å². The highest BCUT2D eigenvalue weighted by atomic mass is 16.3. The van der Waals surface area contributed by atoms with E-state index >= 15 is 0 Å². The highest BCUT2D eigenvalue weighted by Gasteiger charge is 2.32. The Hall–Kier alpha value is -0.860. The molecule has 2 heteroatoms. The Balaban J connectivity index is 1.88. The fourth-order valence-electron chi connectivity index (χ4n) is 3.36. The van der Waals surface area contributed by atoms with Crippen molar-refractivity contribution >= 4 is 0 Å². The summed E-state index contributed by atoms with van der Waals surface area (Å²) in [6.07, 6.45) is 4.20. The van der Waals surface area contributed by atoms with Crippen LogP contribution in [0.5, 0.6) is 0 Å². The summed E-state index contributed by atoms with van der Waals surface area (Å²) >= 11 is 0. The van der Waals surface area contributed by atoms with Crippen LogP contribution in [-0.2, 0) is 6.42 Å². The van der Waals surface area contributed by atoms with E-state index in [0.717, 1.165) is 37.6 Å². The number of hydrogen-bond donors (Lipinski definition) is 1. The largest absolute Gasteiger partial charge is 0.391 e. The van der Waals surface area contributed by atoms with Crippen LogP contribution in [0.1, 0.15) is 38.7 Å². The summed E-state index contributed by atoms with van der Waals surface area (Å²) in [6.45, 7) is 5.64. The van der Waals surface area contributed by atoms with Crippen molar-refractivity contribution in [1.29, 1.82) is 0 Å². The van der Waals surface area contributed by atoms with Crippen LogP contribution < -0.4 is 0 Å². The van der Waals surface area contributed by atoms with Gasteiger partial charge in [-0.1, -0.05) is 44.2 Å². The Morgan fingerprint density at radius 1 is 1.20 bits per heavy atom. The molecule has 0 aromatic heterocycles. The van der Waals surface area contributed by atoms with E-state index in [4.69, 9.17) is 0 Å². The van der Waals surface area contributed by atoms with Crippen molar-refractivity contribution in [2.24, 2.45) is 11.8 Å². The average Bonchev–Trinajstić information content (AvgIpc) is 2.46. The molecular formula is C18H29NO. The topological polar surface area (TPSA) is 23.5 Å². The van der Waals surface area contributed by atoms with E-state index in [1.165, 1.54) is 12.0 Å². The van der Waals surface area contributed by atoms with Crippen LogP contribution in [0.3, 0.4) is 0 Å². The Bertz CT molecular complexity index is 390. The lowest BCUT2D eigenvalue weighted by molar-refractivity contribution is 0.00664. The first-order chi connectivity index (χ1) is 9.58. The summed E-state index contributed by atoms with van der Waals surface area (Å²) in [4.78, 5) is 2.37. The molecule has 112 valence electrons. The van der Waals surface area contributed by atoms with Crippen LogP contribution in [-0.4, -0.2) is 35.7 Å². The molecule has 20 heavy (non-hydrogen) atoms. The number of benzene rings is 1. The molecule has 1 aliphatic rings. The Labute approximate surface area is 123 Å². The number of likely N-dealkylation sites (N-methyl/N-ethyl adjacent to an activating group) is 1. The third kappa shape index (κ3) is 4.07. The van der Waals surface area contributed by atoms with E-state index in [9.17, 15) is 5.11 Å². The SMILES string of the molecule is CC(C)C1CCC(O)C(N(C)CCc2ccccc2)C1. The lowest BCUT2D eigenvalue weighted by atomic mass is 9.77. The Morgan fingerprint density at radius 3 is 2.55 bits per heavy atom. The fourth-order valence-corrected chi connectivity index (χ4v) is 3.36. The monoisotopic (exact) mass is 275 g/mol. The highest BCUT2D eigenvalue weighted by Crippen LogP contribution is 2.32. The average molecular weight is 275 g/mol. The molecule has 0 bridgehead atoms. The molecule has 1 aromatic carbocycles. The quantitative estimate of drug-likeness (QED) is 0.891. The molecule has 0 aliphatic heterocycles. The number of aliphatic hydroxyl groups is 1. The van der Waals surface area contributed by atoms with Crippen LogP contribution in [0.15, 0.2) is 30.3 Å². The molecule has 0 heterocycles. The minimum absolute atomic E-state index is 0.147. The Kier molecular flexibility index (Phi) is 5.62. The van der Waals surface area contributed by atoms with Crippen LogP contribution in [0, 0.1) is 11.8 Å². The van der Waals surface area contributed by atoms with Gasteiger partial charge in [0, 0.05) is 12.6 Å². The molecule has 1 fully saturated rings. The van der Waals surface area contributed by atoms with Gasteiger partial charge in [-0.3, -0.25) is 0 Å². The smallest absolute Gasteiger partial charge is 0.0695 e. The molecule has 3 unspecified atom stereocenters. The van der Waals surface area contributed by atoms with Gasteiger partial charge < -0.3 is 10.0 Å². The predicted molar refractivity (Wildman–Crippen MR) is 84.7 cm³/mol. The van der Waals surface area contributed by atoms with Crippen molar-refractivity contribution < 1.29 is 5.11 Å². The molecule has 0 amide bonds. The molecule has 0 spiro atoms. The maximum Gasteiger partial charge on any atom is 0.0695 e. The molecule has 2 nitrogen and oxygen atoms in total. The minimum Gasteiger partial charge on any atom is -0.391 e. The van der Waals surface area contributed by atoms with Gasteiger partial charge in [0.1, 0.15) is 0 Å². The van der Waals surface area contributed by atoms with E-state index in [0.29, 0.717) is 6.04 Å². The molecule has 0 saturated heterocycles. The molecule has 3 atom stereocenters. The first-order valence-electron chi connectivity index (χ1n) is 8.00. The van der Waals surface area contributed by atoms with E-state index in [2.05, 4.69) is 56.1 Å². The van der Waals surface area contributed by atoms with E-state index in [-0.39, 0.29) is 6.10 Å². The normalized spacial score (nSPS) is 27.2. The summed E-state index contributed by atoms with van der Waals surface area (Å²) in [6, 6.07) is 11.0.